The highest BCUT2D eigenvalue weighted by Gasteiger charge is 2.07. The lowest BCUT2D eigenvalue weighted by molar-refractivity contribution is 0.0850. The first-order valence-electron chi connectivity index (χ1n) is 4.69. The maximum absolute atomic E-state index is 11.4. The Morgan fingerprint density at radius 1 is 1.40 bits per heavy atom. The molecule has 0 aliphatic carbocycles. The van der Waals surface area contributed by atoms with Crippen molar-refractivity contribution < 1.29 is 4.79 Å². The fourth-order valence-corrected chi connectivity index (χ4v) is 0.989. The van der Waals surface area contributed by atoms with Crippen molar-refractivity contribution in [3.63, 3.8) is 0 Å². The van der Waals surface area contributed by atoms with E-state index in [2.05, 4.69) is 20.9 Å². The number of hydrogen-bond donors (Lipinski definition) is 2. The molecule has 0 bridgehead atoms. The van der Waals surface area contributed by atoms with Crippen molar-refractivity contribution in [3.8, 4) is 0 Å². The number of hydrazine groups is 1. The Bertz CT molecular complexity index is 322. The summed E-state index contributed by atoms with van der Waals surface area (Å²) >= 11 is 0. The van der Waals surface area contributed by atoms with Gasteiger partial charge >= 0.3 is 0 Å². The molecule has 1 rings (SSSR count). The van der Waals surface area contributed by atoms with Crippen molar-refractivity contribution in [1.82, 2.24) is 20.6 Å². The van der Waals surface area contributed by atoms with Gasteiger partial charge in [0.15, 0.2) is 5.69 Å². The molecular formula is C9H15N5O. The van der Waals surface area contributed by atoms with Gasteiger partial charge in [0.05, 0.1) is 0 Å². The van der Waals surface area contributed by atoms with Crippen LogP contribution in [-0.2, 0) is 0 Å². The molecule has 1 heterocycles. The van der Waals surface area contributed by atoms with Gasteiger partial charge in [-0.25, -0.2) is 5.01 Å². The smallest absolute Gasteiger partial charge is 0.286 e. The Morgan fingerprint density at radius 3 is 2.60 bits per heavy atom. The summed E-state index contributed by atoms with van der Waals surface area (Å²) in [4.78, 5) is 11.4. The summed E-state index contributed by atoms with van der Waals surface area (Å²) < 4.78 is 0. The molecule has 0 fully saturated rings. The molecule has 0 aromatic carbocycles. The molecule has 6 nitrogen and oxygen atoms in total. The van der Waals surface area contributed by atoms with E-state index in [1.165, 1.54) is 0 Å². The van der Waals surface area contributed by atoms with Crippen LogP contribution in [0.4, 0.5) is 5.82 Å². The quantitative estimate of drug-likeness (QED) is 0.689. The molecule has 1 amide bonds. The van der Waals surface area contributed by atoms with Gasteiger partial charge in [0.2, 0.25) is 0 Å². The molecule has 0 aliphatic rings. The second-order valence-corrected chi connectivity index (χ2v) is 3.17. The second-order valence-electron chi connectivity index (χ2n) is 3.17. The van der Waals surface area contributed by atoms with Crippen LogP contribution in [0.3, 0.4) is 0 Å². The van der Waals surface area contributed by atoms with Gasteiger partial charge in [0.25, 0.3) is 5.91 Å². The Kier molecular flexibility index (Phi) is 3.99. The van der Waals surface area contributed by atoms with E-state index in [9.17, 15) is 4.79 Å². The lowest BCUT2D eigenvalue weighted by Crippen LogP contribution is -2.36. The van der Waals surface area contributed by atoms with Crippen LogP contribution < -0.4 is 10.7 Å². The highest BCUT2D eigenvalue weighted by Crippen LogP contribution is 2.01. The van der Waals surface area contributed by atoms with Crippen molar-refractivity contribution in [2.75, 3.05) is 26.0 Å². The third-order valence-electron chi connectivity index (χ3n) is 1.58. The van der Waals surface area contributed by atoms with Crippen molar-refractivity contribution in [2.45, 2.75) is 6.92 Å². The number of nitrogens with zero attached hydrogens (tertiary/aromatic N) is 3. The minimum atomic E-state index is -0.268. The molecule has 0 saturated carbocycles. The monoisotopic (exact) mass is 209 g/mol. The summed E-state index contributed by atoms with van der Waals surface area (Å²) in [5, 5.41) is 12.2. The van der Waals surface area contributed by atoms with Crippen molar-refractivity contribution in [2.24, 2.45) is 0 Å². The zero-order chi connectivity index (χ0) is 11.3. The predicted molar refractivity (Wildman–Crippen MR) is 57.3 cm³/mol. The Labute approximate surface area is 88.7 Å². The van der Waals surface area contributed by atoms with Gasteiger partial charge in [-0.1, -0.05) is 0 Å². The van der Waals surface area contributed by atoms with Gasteiger partial charge in [-0.2, -0.15) is 0 Å². The molecule has 82 valence electrons. The van der Waals surface area contributed by atoms with E-state index >= 15 is 0 Å². The van der Waals surface area contributed by atoms with E-state index in [4.69, 9.17) is 0 Å². The van der Waals surface area contributed by atoms with E-state index in [1.54, 1.807) is 31.2 Å². The molecule has 15 heavy (non-hydrogen) atoms. The number of amides is 1. The summed E-state index contributed by atoms with van der Waals surface area (Å²) in [6.45, 7) is 2.74. The normalized spacial score (nSPS) is 10.1. The fraction of sp³-hybridized carbons (Fsp3) is 0.444. The summed E-state index contributed by atoms with van der Waals surface area (Å²) in [7, 11) is 3.47. The standard InChI is InChI=1S/C9H15N5O/c1-4-10-8-6-5-7(11-12-8)9(15)13-14(2)3/h5-6H,4H2,1-3H3,(H,10,12)(H,13,15). The summed E-state index contributed by atoms with van der Waals surface area (Å²) in [6.07, 6.45) is 0. The molecule has 0 radical (unpaired) electrons. The maximum Gasteiger partial charge on any atom is 0.286 e. The first kappa shape index (κ1) is 11.4. The number of nitrogens with one attached hydrogen (secondary N) is 2. The van der Waals surface area contributed by atoms with Gasteiger partial charge in [-0.15, -0.1) is 10.2 Å². The van der Waals surface area contributed by atoms with Gasteiger partial charge in [-0.05, 0) is 19.1 Å². The first-order valence-corrected chi connectivity index (χ1v) is 4.69. The molecule has 0 saturated heterocycles. The van der Waals surface area contributed by atoms with Crippen LogP contribution in [0.5, 0.6) is 0 Å². The van der Waals surface area contributed by atoms with Gasteiger partial charge in [0, 0.05) is 20.6 Å². The van der Waals surface area contributed by atoms with E-state index in [1.807, 2.05) is 6.92 Å². The van der Waals surface area contributed by atoms with Crippen molar-refractivity contribution in [1.29, 1.82) is 0 Å². The van der Waals surface area contributed by atoms with Crippen LogP contribution in [-0.4, -0.2) is 41.8 Å². The van der Waals surface area contributed by atoms with E-state index < -0.39 is 0 Å². The largest absolute Gasteiger partial charge is 0.369 e. The number of rotatable bonds is 4. The van der Waals surface area contributed by atoms with Crippen LogP contribution in [0, 0.1) is 0 Å². The highest BCUT2D eigenvalue weighted by atomic mass is 16.2. The van der Waals surface area contributed by atoms with E-state index in [-0.39, 0.29) is 5.91 Å². The van der Waals surface area contributed by atoms with Crippen molar-refractivity contribution >= 4 is 11.7 Å². The number of carbonyl (C=O) groups excluding carboxylic acids is 1. The van der Waals surface area contributed by atoms with Gasteiger partial charge < -0.3 is 5.32 Å². The minimum absolute atomic E-state index is 0.268. The number of hydrogen-bond acceptors (Lipinski definition) is 5. The van der Waals surface area contributed by atoms with Crippen LogP contribution in [0.15, 0.2) is 12.1 Å². The predicted octanol–water partition coefficient (Wildman–Crippen LogP) is 0.115. The second kappa shape index (κ2) is 5.26. The topological polar surface area (TPSA) is 70.2 Å². The molecule has 6 heteroatoms. The first-order chi connectivity index (χ1) is 7.13. The average molecular weight is 209 g/mol. The van der Waals surface area contributed by atoms with Crippen LogP contribution in [0.1, 0.15) is 17.4 Å². The van der Waals surface area contributed by atoms with E-state index in [0.717, 1.165) is 6.54 Å². The zero-order valence-corrected chi connectivity index (χ0v) is 9.11. The van der Waals surface area contributed by atoms with Gasteiger partial charge in [0.1, 0.15) is 5.82 Å². The number of carbonyl (C=O) groups is 1. The minimum Gasteiger partial charge on any atom is -0.369 e. The molecule has 0 atom stereocenters. The van der Waals surface area contributed by atoms with Crippen LogP contribution in [0.25, 0.3) is 0 Å². The summed E-state index contributed by atoms with van der Waals surface area (Å²) in [5.41, 5.74) is 2.88. The van der Waals surface area contributed by atoms with Crippen LogP contribution in [0.2, 0.25) is 0 Å². The lowest BCUT2D eigenvalue weighted by atomic mass is 10.3. The fourth-order valence-electron chi connectivity index (χ4n) is 0.989. The third-order valence-corrected chi connectivity index (χ3v) is 1.58. The molecule has 1 aromatic heterocycles. The Morgan fingerprint density at radius 2 is 2.13 bits per heavy atom. The number of aromatic nitrogens is 2. The molecule has 0 unspecified atom stereocenters. The van der Waals surface area contributed by atoms with E-state index in [0.29, 0.717) is 11.5 Å². The molecule has 2 N–H and O–H groups in total. The Balaban J connectivity index is 2.67. The third kappa shape index (κ3) is 3.51. The molecule has 0 aliphatic heterocycles. The molecule has 0 spiro atoms. The summed E-state index contributed by atoms with van der Waals surface area (Å²) in [5.74, 6) is 0.398. The molecule has 1 aromatic rings. The summed E-state index contributed by atoms with van der Waals surface area (Å²) in [6, 6.07) is 3.35. The molecular weight excluding hydrogens is 194 g/mol. The highest BCUT2D eigenvalue weighted by molar-refractivity contribution is 5.91. The number of anilines is 1. The zero-order valence-electron chi connectivity index (χ0n) is 9.11. The van der Waals surface area contributed by atoms with Gasteiger partial charge in [-0.3, -0.25) is 10.2 Å². The lowest BCUT2D eigenvalue weighted by Gasteiger charge is -2.10. The SMILES string of the molecule is CCNc1ccc(C(=O)NN(C)C)nn1. The maximum atomic E-state index is 11.4. The van der Waals surface area contributed by atoms with Crippen LogP contribution >= 0.6 is 0 Å². The average Bonchev–Trinajstić information content (AvgIpc) is 2.18. The van der Waals surface area contributed by atoms with Crippen molar-refractivity contribution in [3.05, 3.63) is 17.8 Å². The Hall–Kier alpha value is -1.69.